The van der Waals surface area contributed by atoms with E-state index in [0.717, 1.165) is 0 Å². The molecular weight excluding hydrogens is 318 g/mol. The van der Waals surface area contributed by atoms with Gasteiger partial charge in [-0.05, 0) is 25.6 Å². The molecule has 0 fully saturated rings. The highest BCUT2D eigenvalue weighted by Gasteiger charge is 2.20. The highest BCUT2D eigenvalue weighted by molar-refractivity contribution is 8.14. The molecule has 9 nitrogen and oxygen atoms in total. The average molecular weight is 333 g/mol. The number of esters is 1. The molecule has 1 aromatic heterocycles. The van der Waals surface area contributed by atoms with Crippen LogP contribution in [-0.2, 0) is 25.7 Å². The topological polar surface area (TPSA) is 125 Å². The third-order valence-corrected chi connectivity index (χ3v) is 3.31. The molecule has 1 aromatic rings. The zero-order valence-electron chi connectivity index (χ0n) is 12.2. The molecule has 0 spiro atoms. The van der Waals surface area contributed by atoms with Crippen LogP contribution in [0.25, 0.3) is 0 Å². The predicted octanol–water partition coefficient (Wildman–Crippen LogP) is 0.589. The van der Waals surface area contributed by atoms with E-state index in [4.69, 9.17) is 4.74 Å². The van der Waals surface area contributed by atoms with E-state index < -0.39 is 28.3 Å². The van der Waals surface area contributed by atoms with Crippen LogP contribution < -0.4 is 11.1 Å². The van der Waals surface area contributed by atoms with E-state index in [9.17, 15) is 19.2 Å². The Morgan fingerprint density at radius 3 is 2.55 bits per heavy atom. The van der Waals surface area contributed by atoms with E-state index >= 15 is 0 Å². The summed E-state index contributed by atoms with van der Waals surface area (Å²) in [5.74, 6) is -1.68. The van der Waals surface area contributed by atoms with Gasteiger partial charge in [0.05, 0.1) is 12.4 Å². The Balaban J connectivity index is 2.37. The second-order valence-corrected chi connectivity index (χ2v) is 5.30. The standard InChI is InChI=1S/C12H15NO8S/c1-6-8(21-11(16)20-6)5-19-12(17)22-7(2)10(15)13-4-9(14)18-3/h7H,4-5H2,1-3H3,(H,13,15). The monoisotopic (exact) mass is 333 g/mol. The zero-order chi connectivity index (χ0) is 16.7. The Morgan fingerprint density at radius 2 is 2.00 bits per heavy atom. The van der Waals surface area contributed by atoms with E-state index in [1.165, 1.54) is 21.0 Å². The zero-order valence-corrected chi connectivity index (χ0v) is 13.0. The van der Waals surface area contributed by atoms with Crippen molar-refractivity contribution in [2.75, 3.05) is 13.7 Å². The number of amides is 1. The highest BCUT2D eigenvalue weighted by Crippen LogP contribution is 2.16. The third-order valence-electron chi connectivity index (χ3n) is 2.43. The minimum absolute atomic E-state index is 0.0988. The van der Waals surface area contributed by atoms with Crippen molar-refractivity contribution >= 4 is 28.9 Å². The van der Waals surface area contributed by atoms with Crippen molar-refractivity contribution < 1.29 is 32.7 Å². The Kier molecular flexibility index (Phi) is 6.70. The maximum Gasteiger partial charge on any atom is 0.519 e. The van der Waals surface area contributed by atoms with Gasteiger partial charge in [-0.15, -0.1) is 0 Å². The minimum Gasteiger partial charge on any atom is -0.468 e. The van der Waals surface area contributed by atoms with Crippen LogP contribution in [0.4, 0.5) is 4.79 Å². The summed E-state index contributed by atoms with van der Waals surface area (Å²) in [6, 6.07) is 0. The van der Waals surface area contributed by atoms with Crippen LogP contribution in [0.3, 0.4) is 0 Å². The molecule has 10 heteroatoms. The normalized spacial score (nSPS) is 11.6. The van der Waals surface area contributed by atoms with Gasteiger partial charge in [0.25, 0.3) is 0 Å². The van der Waals surface area contributed by atoms with Crippen molar-refractivity contribution in [3.05, 3.63) is 22.1 Å². The number of aryl methyl sites for hydroxylation is 1. The maximum absolute atomic E-state index is 11.6. The fourth-order valence-electron chi connectivity index (χ4n) is 1.24. The summed E-state index contributed by atoms with van der Waals surface area (Å²) in [6.07, 6.45) is 0. The number of rotatable bonds is 6. The van der Waals surface area contributed by atoms with E-state index in [-0.39, 0.29) is 24.7 Å². The largest absolute Gasteiger partial charge is 0.519 e. The Bertz CT molecular complexity index is 605. The summed E-state index contributed by atoms with van der Waals surface area (Å²) in [5, 5.41) is 0.806. The van der Waals surface area contributed by atoms with E-state index in [1.54, 1.807) is 0 Å². The molecule has 1 unspecified atom stereocenters. The molecule has 1 N–H and O–H groups in total. The van der Waals surface area contributed by atoms with Gasteiger partial charge in [-0.3, -0.25) is 9.59 Å². The summed E-state index contributed by atoms with van der Waals surface area (Å²) < 4.78 is 18.5. The highest BCUT2D eigenvalue weighted by atomic mass is 32.2. The number of carbonyl (C=O) groups is 3. The molecule has 1 amide bonds. The van der Waals surface area contributed by atoms with Gasteiger partial charge in [0.2, 0.25) is 5.91 Å². The first-order chi connectivity index (χ1) is 10.3. The van der Waals surface area contributed by atoms with E-state index in [1.807, 2.05) is 0 Å². The molecule has 0 aliphatic heterocycles. The lowest BCUT2D eigenvalue weighted by molar-refractivity contribution is -0.141. The van der Waals surface area contributed by atoms with Crippen LogP contribution >= 0.6 is 11.8 Å². The third kappa shape index (κ3) is 5.64. The molecule has 0 aliphatic rings. The Hall–Kier alpha value is -2.23. The second-order valence-electron chi connectivity index (χ2n) is 4.03. The van der Waals surface area contributed by atoms with Crippen LogP contribution in [0.5, 0.6) is 0 Å². The van der Waals surface area contributed by atoms with Crippen LogP contribution in [0, 0.1) is 6.92 Å². The number of nitrogens with one attached hydrogen (secondary N) is 1. The summed E-state index contributed by atoms with van der Waals surface area (Å²) in [5.41, 5.74) is 0. The quantitative estimate of drug-likeness (QED) is 0.744. The number of thioether (sulfide) groups is 1. The minimum atomic E-state index is -0.883. The van der Waals surface area contributed by atoms with Gasteiger partial charge < -0.3 is 23.6 Å². The van der Waals surface area contributed by atoms with Gasteiger partial charge in [-0.25, -0.2) is 9.59 Å². The van der Waals surface area contributed by atoms with Gasteiger partial charge in [0.1, 0.15) is 6.54 Å². The summed E-state index contributed by atoms with van der Waals surface area (Å²) in [7, 11) is 1.19. The lowest BCUT2D eigenvalue weighted by Crippen LogP contribution is -2.35. The molecule has 0 saturated carbocycles. The van der Waals surface area contributed by atoms with Crippen molar-refractivity contribution in [1.82, 2.24) is 5.32 Å². The van der Waals surface area contributed by atoms with Gasteiger partial charge in [-0.2, -0.15) is 0 Å². The summed E-state index contributed by atoms with van der Waals surface area (Å²) in [6.45, 7) is 2.40. The van der Waals surface area contributed by atoms with Gasteiger partial charge in [0, 0.05) is 0 Å². The lowest BCUT2D eigenvalue weighted by Gasteiger charge is -2.10. The molecule has 122 valence electrons. The number of methoxy groups -OCH3 is 1. The van der Waals surface area contributed by atoms with Crippen molar-refractivity contribution in [1.29, 1.82) is 0 Å². The first-order valence-electron chi connectivity index (χ1n) is 6.10. The lowest BCUT2D eigenvalue weighted by atomic mass is 10.4. The number of ether oxygens (including phenoxy) is 2. The average Bonchev–Trinajstić information content (AvgIpc) is 2.79. The van der Waals surface area contributed by atoms with E-state index in [0.29, 0.717) is 11.8 Å². The first-order valence-corrected chi connectivity index (χ1v) is 6.98. The molecule has 1 heterocycles. The number of hydrogen-bond donors (Lipinski definition) is 1. The summed E-state index contributed by atoms with van der Waals surface area (Å²) in [4.78, 5) is 44.8. The van der Waals surface area contributed by atoms with Gasteiger partial charge in [0.15, 0.2) is 18.1 Å². The molecule has 1 rings (SSSR count). The second kappa shape index (κ2) is 8.27. The molecule has 0 aromatic carbocycles. The SMILES string of the molecule is COC(=O)CNC(=O)C(C)SC(=O)OCc1oc(=O)oc1C. The fraction of sp³-hybridized carbons (Fsp3) is 0.500. The Labute approximate surface area is 129 Å². The molecule has 0 aliphatic carbocycles. The van der Waals surface area contributed by atoms with Crippen molar-refractivity contribution in [3.63, 3.8) is 0 Å². The predicted molar refractivity (Wildman–Crippen MR) is 74.2 cm³/mol. The molecular formula is C12H15NO8S. The van der Waals surface area contributed by atoms with Crippen molar-refractivity contribution in [2.24, 2.45) is 0 Å². The van der Waals surface area contributed by atoms with Crippen LogP contribution in [0.1, 0.15) is 18.4 Å². The number of carbonyl (C=O) groups excluding carboxylic acids is 3. The van der Waals surface area contributed by atoms with Gasteiger partial charge >= 0.3 is 17.1 Å². The van der Waals surface area contributed by atoms with Crippen molar-refractivity contribution in [3.8, 4) is 0 Å². The molecule has 0 radical (unpaired) electrons. The first kappa shape index (κ1) is 17.8. The molecule has 0 saturated heterocycles. The number of hydrogen-bond acceptors (Lipinski definition) is 9. The summed E-state index contributed by atoms with van der Waals surface area (Å²) >= 11 is 0.623. The van der Waals surface area contributed by atoms with Crippen LogP contribution in [-0.4, -0.2) is 36.1 Å². The molecule has 1 atom stereocenters. The molecule has 0 bridgehead atoms. The van der Waals surface area contributed by atoms with Crippen LogP contribution in [0.15, 0.2) is 13.6 Å². The maximum atomic E-state index is 11.6. The molecule has 22 heavy (non-hydrogen) atoms. The van der Waals surface area contributed by atoms with Crippen LogP contribution in [0.2, 0.25) is 0 Å². The Morgan fingerprint density at radius 1 is 1.32 bits per heavy atom. The van der Waals surface area contributed by atoms with Crippen molar-refractivity contribution in [2.45, 2.75) is 25.7 Å². The van der Waals surface area contributed by atoms with Gasteiger partial charge in [-0.1, -0.05) is 0 Å². The smallest absolute Gasteiger partial charge is 0.468 e. The fourth-order valence-corrected chi connectivity index (χ4v) is 1.84. The van der Waals surface area contributed by atoms with E-state index in [2.05, 4.69) is 18.9 Å².